The summed E-state index contributed by atoms with van der Waals surface area (Å²) in [7, 11) is 0. The zero-order valence-corrected chi connectivity index (χ0v) is 13.8. The topological polar surface area (TPSA) is 82.1 Å². The summed E-state index contributed by atoms with van der Waals surface area (Å²) in [6.07, 6.45) is -0.619. The third kappa shape index (κ3) is 3.51. The number of carbonyl (C=O) groups is 3. The largest absolute Gasteiger partial charge is 0.466 e. The molecule has 4 atom stereocenters. The summed E-state index contributed by atoms with van der Waals surface area (Å²) in [6, 6.07) is -1.34. The average molecular weight is 315 g/mol. The van der Waals surface area contributed by atoms with Gasteiger partial charge in [0.1, 0.15) is 6.04 Å². The van der Waals surface area contributed by atoms with Crippen LogP contribution in [-0.2, 0) is 23.8 Å². The maximum Gasteiger partial charge on any atom is 0.410 e. The highest BCUT2D eigenvalue weighted by atomic mass is 16.6. The third-order valence-electron chi connectivity index (χ3n) is 3.89. The van der Waals surface area contributed by atoms with Crippen LogP contribution in [0.3, 0.4) is 0 Å². The Balaban J connectivity index is 3.10. The van der Waals surface area contributed by atoms with Crippen LogP contribution in [0.1, 0.15) is 34.6 Å². The van der Waals surface area contributed by atoms with Gasteiger partial charge in [-0.05, 0) is 27.7 Å². The van der Waals surface area contributed by atoms with Gasteiger partial charge in [0.05, 0.1) is 25.7 Å². The maximum absolute atomic E-state index is 12.2. The van der Waals surface area contributed by atoms with Crippen molar-refractivity contribution in [3.63, 3.8) is 0 Å². The highest BCUT2D eigenvalue weighted by Gasteiger charge is 2.54. The first kappa shape index (κ1) is 18.3. The van der Waals surface area contributed by atoms with Gasteiger partial charge < -0.3 is 14.2 Å². The smallest absolute Gasteiger partial charge is 0.410 e. The van der Waals surface area contributed by atoms with Crippen LogP contribution in [0, 0.1) is 11.8 Å². The highest BCUT2D eigenvalue weighted by molar-refractivity contribution is 5.86. The van der Waals surface area contributed by atoms with Gasteiger partial charge in [0.2, 0.25) is 0 Å². The van der Waals surface area contributed by atoms with Crippen LogP contribution in [0.4, 0.5) is 4.79 Å². The van der Waals surface area contributed by atoms with E-state index in [1.54, 1.807) is 34.6 Å². The van der Waals surface area contributed by atoms with Gasteiger partial charge in [0.25, 0.3) is 0 Å². The molecule has 0 aromatic rings. The number of hydrogen-bond donors (Lipinski definition) is 0. The zero-order chi connectivity index (χ0) is 16.9. The van der Waals surface area contributed by atoms with E-state index in [0.29, 0.717) is 0 Å². The Bertz CT molecular complexity index is 394. The Kier molecular flexibility index (Phi) is 6.64. The predicted octanol–water partition coefficient (Wildman–Crippen LogP) is 1.59. The van der Waals surface area contributed by atoms with Crippen molar-refractivity contribution in [3.8, 4) is 0 Å². The lowest BCUT2D eigenvalue weighted by molar-refractivity contribution is -0.150. The lowest BCUT2D eigenvalue weighted by atomic mass is 9.89. The summed E-state index contributed by atoms with van der Waals surface area (Å²) in [4.78, 5) is 37.9. The van der Waals surface area contributed by atoms with Gasteiger partial charge in [-0.25, -0.2) is 9.59 Å². The maximum atomic E-state index is 12.2. The van der Waals surface area contributed by atoms with Crippen LogP contribution < -0.4 is 0 Å². The van der Waals surface area contributed by atoms with Gasteiger partial charge >= 0.3 is 18.0 Å². The molecule has 0 aromatic heterocycles. The number of likely N-dealkylation sites (tertiary alicyclic amines) is 1. The second kappa shape index (κ2) is 8.00. The minimum atomic E-state index is -0.844. The van der Waals surface area contributed by atoms with Crippen molar-refractivity contribution < 1.29 is 28.6 Å². The molecule has 0 radical (unpaired) electrons. The predicted molar refractivity (Wildman–Crippen MR) is 78.0 cm³/mol. The van der Waals surface area contributed by atoms with E-state index in [4.69, 9.17) is 14.2 Å². The quantitative estimate of drug-likeness (QED) is 0.566. The van der Waals surface area contributed by atoms with Gasteiger partial charge in [-0.3, -0.25) is 9.69 Å². The lowest BCUT2D eigenvalue weighted by Gasteiger charge is -2.27. The first-order valence-corrected chi connectivity index (χ1v) is 7.68. The minimum Gasteiger partial charge on any atom is -0.466 e. The molecule has 126 valence electrons. The number of nitrogens with zero attached hydrogens (tertiary/aromatic N) is 1. The van der Waals surface area contributed by atoms with E-state index in [-0.39, 0.29) is 19.8 Å². The molecule has 0 saturated carbocycles. The molecule has 0 unspecified atom stereocenters. The van der Waals surface area contributed by atoms with Crippen molar-refractivity contribution in [2.45, 2.75) is 46.7 Å². The van der Waals surface area contributed by atoms with Crippen molar-refractivity contribution in [2.24, 2.45) is 11.8 Å². The summed E-state index contributed by atoms with van der Waals surface area (Å²) in [5, 5.41) is 0. The molecule has 7 nitrogen and oxygen atoms in total. The summed E-state index contributed by atoms with van der Waals surface area (Å²) < 4.78 is 15.1. The number of hydrogen-bond acceptors (Lipinski definition) is 6. The van der Waals surface area contributed by atoms with E-state index in [9.17, 15) is 14.4 Å². The molecule has 1 aliphatic rings. The van der Waals surface area contributed by atoms with Crippen molar-refractivity contribution in [2.75, 3.05) is 19.8 Å². The third-order valence-corrected chi connectivity index (χ3v) is 3.89. The van der Waals surface area contributed by atoms with Gasteiger partial charge in [0.15, 0.2) is 0 Å². The summed E-state index contributed by atoms with van der Waals surface area (Å²) >= 11 is 0. The van der Waals surface area contributed by atoms with Crippen LogP contribution in [-0.4, -0.2) is 54.8 Å². The van der Waals surface area contributed by atoms with E-state index >= 15 is 0 Å². The van der Waals surface area contributed by atoms with Gasteiger partial charge in [0, 0.05) is 12.0 Å². The van der Waals surface area contributed by atoms with E-state index in [1.165, 1.54) is 4.90 Å². The molecular weight excluding hydrogens is 290 g/mol. The molecule has 0 bridgehead atoms. The summed E-state index contributed by atoms with van der Waals surface area (Å²) in [5.41, 5.74) is 0. The summed E-state index contributed by atoms with van der Waals surface area (Å²) in [6.45, 7) is 9.20. The molecule has 1 heterocycles. The lowest BCUT2D eigenvalue weighted by Crippen LogP contribution is -2.46. The van der Waals surface area contributed by atoms with Crippen LogP contribution in [0.25, 0.3) is 0 Å². The zero-order valence-electron chi connectivity index (χ0n) is 13.8. The Hall–Kier alpha value is -1.79. The molecule has 1 amide bonds. The molecule has 0 aliphatic carbocycles. The Morgan fingerprint density at radius 2 is 1.36 bits per heavy atom. The van der Waals surface area contributed by atoms with Gasteiger partial charge in [-0.15, -0.1) is 0 Å². The molecule has 1 aliphatic heterocycles. The van der Waals surface area contributed by atoms with E-state index in [1.807, 2.05) is 0 Å². The molecule has 1 rings (SSSR count). The first-order valence-electron chi connectivity index (χ1n) is 7.68. The normalized spacial score (nSPS) is 27.4. The minimum absolute atomic E-state index is 0.191. The van der Waals surface area contributed by atoms with Gasteiger partial charge in [-0.1, -0.05) is 6.92 Å². The standard InChI is InChI=1S/C15H25NO6/c1-6-20-13(17)11-9(4)12(14(18)21-7-2)16(10(11)5)15(19)22-8-3/h9-12H,6-8H2,1-5H3/t9-,10-,11+,12-/m1/s1. The number of amides is 1. The van der Waals surface area contributed by atoms with Crippen molar-refractivity contribution in [1.29, 1.82) is 0 Å². The molecule has 0 aromatic carbocycles. The van der Waals surface area contributed by atoms with Crippen LogP contribution >= 0.6 is 0 Å². The van der Waals surface area contributed by atoms with Crippen molar-refractivity contribution in [1.82, 2.24) is 4.90 Å². The van der Waals surface area contributed by atoms with Crippen LogP contribution in [0.2, 0.25) is 0 Å². The Morgan fingerprint density at radius 3 is 1.86 bits per heavy atom. The van der Waals surface area contributed by atoms with Crippen LogP contribution in [0.15, 0.2) is 0 Å². The molecule has 0 N–H and O–H groups in total. The van der Waals surface area contributed by atoms with E-state index < -0.39 is 42.0 Å². The summed E-state index contributed by atoms with van der Waals surface area (Å²) in [5.74, 6) is -1.93. The second-order valence-corrected chi connectivity index (χ2v) is 5.18. The SMILES string of the molecule is CCOC(=O)[C@H]1[C@@H](C)[C@H](C(=O)OCC)N(C(=O)OCC)[C@@H]1C. The Labute approximate surface area is 130 Å². The number of rotatable bonds is 5. The monoisotopic (exact) mass is 315 g/mol. The number of ether oxygens (including phenoxy) is 3. The van der Waals surface area contributed by atoms with Crippen molar-refractivity contribution >= 4 is 18.0 Å². The highest BCUT2D eigenvalue weighted by Crippen LogP contribution is 2.37. The van der Waals surface area contributed by atoms with E-state index in [2.05, 4.69) is 0 Å². The molecular formula is C15H25NO6. The number of carbonyl (C=O) groups excluding carboxylic acids is 3. The Morgan fingerprint density at radius 1 is 0.864 bits per heavy atom. The fourth-order valence-electron chi connectivity index (χ4n) is 3.00. The average Bonchev–Trinajstić information content (AvgIpc) is 2.71. The number of esters is 2. The molecule has 0 spiro atoms. The van der Waals surface area contributed by atoms with Crippen LogP contribution in [0.5, 0.6) is 0 Å². The first-order chi connectivity index (χ1) is 10.4. The molecule has 1 fully saturated rings. The fourth-order valence-corrected chi connectivity index (χ4v) is 3.00. The molecule has 7 heteroatoms. The van der Waals surface area contributed by atoms with Crippen molar-refractivity contribution in [3.05, 3.63) is 0 Å². The fraction of sp³-hybridized carbons (Fsp3) is 0.800. The molecule has 22 heavy (non-hydrogen) atoms. The van der Waals surface area contributed by atoms with Gasteiger partial charge in [-0.2, -0.15) is 0 Å². The molecule has 1 saturated heterocycles. The van der Waals surface area contributed by atoms with E-state index in [0.717, 1.165) is 0 Å². The second-order valence-electron chi connectivity index (χ2n) is 5.18.